The predicted octanol–water partition coefficient (Wildman–Crippen LogP) is -1.72. The molecule has 0 bridgehead atoms. The molecule has 0 radical (unpaired) electrons. The molecule has 1 atom stereocenters. The molecule has 2 heterocycles. The summed E-state index contributed by atoms with van der Waals surface area (Å²) in [7, 11) is 0. The molecule has 1 saturated heterocycles. The Balaban J connectivity index is 1.40. The smallest absolute Gasteiger partial charge is 0.254 e. The number of aliphatic hydroxyl groups excluding tert-OH is 1. The van der Waals surface area contributed by atoms with Gasteiger partial charge in [-0.15, -0.1) is 0 Å². The van der Waals surface area contributed by atoms with Gasteiger partial charge >= 0.3 is 0 Å². The van der Waals surface area contributed by atoms with Gasteiger partial charge in [-0.25, -0.2) is 4.84 Å². The van der Waals surface area contributed by atoms with Crippen LogP contribution in [0, 0.1) is 0 Å². The van der Waals surface area contributed by atoms with Crippen molar-refractivity contribution in [3.8, 4) is 0 Å². The van der Waals surface area contributed by atoms with E-state index in [1.807, 2.05) is 0 Å². The van der Waals surface area contributed by atoms with Crippen LogP contribution in [0.5, 0.6) is 0 Å². The van der Waals surface area contributed by atoms with Crippen molar-refractivity contribution in [3.63, 3.8) is 0 Å². The second-order valence-electron chi connectivity index (χ2n) is 6.81. The van der Waals surface area contributed by atoms with E-state index < -0.39 is 18.1 Å². The highest BCUT2D eigenvalue weighted by atomic mass is 16.8. The maximum absolute atomic E-state index is 11.8. The van der Waals surface area contributed by atoms with Gasteiger partial charge in [0.2, 0.25) is 11.8 Å². The Hall–Kier alpha value is -2.67. The highest BCUT2D eigenvalue weighted by Crippen LogP contribution is 2.14. The summed E-state index contributed by atoms with van der Waals surface area (Å²) >= 11 is 0. The van der Waals surface area contributed by atoms with E-state index in [-0.39, 0.29) is 89.3 Å². The number of nitrogens with zero attached hydrogens (tertiary/aromatic N) is 2. The predicted molar refractivity (Wildman–Crippen MR) is 103 cm³/mol. The molecule has 31 heavy (non-hydrogen) atoms. The third-order valence-electron chi connectivity index (χ3n) is 4.36. The quantitative estimate of drug-likeness (QED) is 0.182. The van der Waals surface area contributed by atoms with Crippen LogP contribution >= 0.6 is 0 Å². The molecule has 2 N–H and O–H groups in total. The Morgan fingerprint density at radius 3 is 2.42 bits per heavy atom. The Bertz CT molecular complexity index is 694. The first kappa shape index (κ1) is 24.6. The normalized spacial score (nSPS) is 17.6. The molecule has 0 aromatic carbocycles. The summed E-state index contributed by atoms with van der Waals surface area (Å²) in [5.74, 6) is -1.66. The number of amides is 4. The lowest BCUT2D eigenvalue weighted by molar-refractivity contribution is -0.247. The Morgan fingerprint density at radius 1 is 1.03 bits per heavy atom. The molecule has 12 nitrogen and oxygen atoms in total. The van der Waals surface area contributed by atoms with Gasteiger partial charge in [0.25, 0.3) is 11.8 Å². The van der Waals surface area contributed by atoms with Crippen LogP contribution in [0.1, 0.15) is 25.7 Å². The number of rotatable bonds is 14. The first-order valence-corrected chi connectivity index (χ1v) is 9.99. The summed E-state index contributed by atoms with van der Waals surface area (Å²) in [5, 5.41) is 12.9. The molecular weight excluding hydrogens is 414 g/mol. The molecule has 0 saturated carbocycles. The molecule has 0 aromatic rings. The van der Waals surface area contributed by atoms with Crippen molar-refractivity contribution in [2.45, 2.75) is 32.0 Å². The summed E-state index contributed by atoms with van der Waals surface area (Å²) in [6, 6.07) is 0. The van der Waals surface area contributed by atoms with Crippen molar-refractivity contribution >= 4 is 29.4 Å². The highest BCUT2D eigenvalue weighted by molar-refractivity contribution is 6.04. The Morgan fingerprint density at radius 2 is 1.71 bits per heavy atom. The van der Waals surface area contributed by atoms with Crippen molar-refractivity contribution in [2.24, 2.45) is 0 Å². The number of hydrogen-bond donors (Lipinski definition) is 2. The summed E-state index contributed by atoms with van der Waals surface area (Å²) in [6.45, 7) is 1.38. The number of hydroxylamine groups is 2. The number of ether oxygens (including phenoxy) is 2. The van der Waals surface area contributed by atoms with E-state index in [0.717, 1.165) is 0 Å². The zero-order chi connectivity index (χ0) is 22.6. The fraction of sp³-hybridized carbons (Fsp3) is 0.632. The average Bonchev–Trinajstić information content (AvgIpc) is 3.05. The van der Waals surface area contributed by atoms with Crippen LogP contribution in [0.2, 0.25) is 0 Å². The lowest BCUT2D eigenvalue weighted by atomic mass is 10.2. The van der Waals surface area contributed by atoms with Crippen LogP contribution in [0.4, 0.5) is 0 Å². The third kappa shape index (κ3) is 8.92. The molecule has 0 aromatic heterocycles. The van der Waals surface area contributed by atoms with Gasteiger partial charge in [-0.3, -0.25) is 24.0 Å². The molecule has 0 spiro atoms. The molecule has 12 heteroatoms. The Labute approximate surface area is 179 Å². The zero-order valence-electron chi connectivity index (χ0n) is 17.1. The van der Waals surface area contributed by atoms with Crippen molar-refractivity contribution in [3.05, 3.63) is 12.2 Å². The first-order chi connectivity index (χ1) is 14.9. The standard InChI is InChI=1S/C19H27N3O9/c23-14-1-2-16(25)21(13-14)8-5-15(24)20-7-10-30-12-11-29-9-6-19(28)31-22-17(26)3-4-18(22)27/h1-2,19,28H,3-13H2,(H,20,24). The van der Waals surface area contributed by atoms with Crippen molar-refractivity contribution in [2.75, 3.05) is 46.1 Å². The van der Waals surface area contributed by atoms with E-state index in [9.17, 15) is 29.1 Å². The number of carbonyl (C=O) groups is 5. The fourth-order valence-corrected chi connectivity index (χ4v) is 2.72. The first-order valence-electron chi connectivity index (χ1n) is 9.99. The second-order valence-corrected chi connectivity index (χ2v) is 6.81. The van der Waals surface area contributed by atoms with Crippen LogP contribution in [0.25, 0.3) is 0 Å². The van der Waals surface area contributed by atoms with Crippen molar-refractivity contribution in [1.29, 1.82) is 0 Å². The monoisotopic (exact) mass is 441 g/mol. The molecular formula is C19H27N3O9. The van der Waals surface area contributed by atoms with E-state index in [0.29, 0.717) is 5.06 Å². The van der Waals surface area contributed by atoms with Gasteiger partial charge in [-0.1, -0.05) is 0 Å². The lowest BCUT2D eigenvalue weighted by Gasteiger charge is -2.22. The van der Waals surface area contributed by atoms with E-state index in [1.165, 1.54) is 17.1 Å². The van der Waals surface area contributed by atoms with Crippen LogP contribution in [0.15, 0.2) is 12.2 Å². The van der Waals surface area contributed by atoms with E-state index >= 15 is 0 Å². The van der Waals surface area contributed by atoms with Crippen LogP contribution in [-0.2, 0) is 38.3 Å². The van der Waals surface area contributed by atoms with Gasteiger partial charge < -0.3 is 24.8 Å². The number of ketones is 1. The van der Waals surface area contributed by atoms with Crippen LogP contribution in [-0.4, -0.2) is 96.8 Å². The largest absolute Gasteiger partial charge is 0.379 e. The molecule has 172 valence electrons. The SMILES string of the molecule is O=C1C=CC(=O)N(CCC(=O)NCCOCCOCCC(O)ON2C(=O)CCC2=O)C1. The van der Waals surface area contributed by atoms with Gasteiger partial charge in [0.05, 0.1) is 33.0 Å². The Kier molecular flexibility index (Phi) is 10.2. The van der Waals surface area contributed by atoms with Gasteiger partial charge in [0.15, 0.2) is 12.1 Å². The van der Waals surface area contributed by atoms with Gasteiger partial charge in [0, 0.05) is 44.8 Å². The van der Waals surface area contributed by atoms with Gasteiger partial charge in [-0.05, 0) is 6.08 Å². The van der Waals surface area contributed by atoms with Gasteiger partial charge in [-0.2, -0.15) is 5.06 Å². The minimum Gasteiger partial charge on any atom is -0.379 e. The number of carbonyl (C=O) groups excluding carboxylic acids is 5. The van der Waals surface area contributed by atoms with Crippen LogP contribution < -0.4 is 5.32 Å². The summed E-state index contributed by atoms with van der Waals surface area (Å²) in [6.07, 6.45) is 1.44. The maximum Gasteiger partial charge on any atom is 0.254 e. The lowest BCUT2D eigenvalue weighted by Crippen LogP contribution is -2.40. The molecule has 1 unspecified atom stereocenters. The molecule has 0 aliphatic carbocycles. The molecule has 2 aliphatic heterocycles. The molecule has 1 fully saturated rings. The summed E-state index contributed by atoms with van der Waals surface area (Å²) < 4.78 is 10.6. The third-order valence-corrected chi connectivity index (χ3v) is 4.36. The number of nitrogens with one attached hydrogen (secondary N) is 1. The zero-order valence-corrected chi connectivity index (χ0v) is 17.1. The second kappa shape index (κ2) is 12.9. The number of aliphatic hydroxyl groups is 1. The average molecular weight is 441 g/mol. The molecule has 2 rings (SSSR count). The topological polar surface area (TPSA) is 152 Å². The molecule has 4 amide bonds. The van der Waals surface area contributed by atoms with E-state index in [4.69, 9.17) is 14.3 Å². The van der Waals surface area contributed by atoms with E-state index in [1.54, 1.807) is 0 Å². The number of imide groups is 1. The molecule has 2 aliphatic rings. The number of hydrogen-bond acceptors (Lipinski definition) is 9. The summed E-state index contributed by atoms with van der Waals surface area (Å²) in [5.41, 5.74) is 0. The summed E-state index contributed by atoms with van der Waals surface area (Å²) in [4.78, 5) is 63.5. The maximum atomic E-state index is 11.8. The minimum absolute atomic E-state index is 0.0105. The minimum atomic E-state index is -1.32. The van der Waals surface area contributed by atoms with Crippen LogP contribution in [0.3, 0.4) is 0 Å². The van der Waals surface area contributed by atoms with Crippen molar-refractivity contribution in [1.82, 2.24) is 15.3 Å². The van der Waals surface area contributed by atoms with E-state index in [2.05, 4.69) is 5.32 Å². The van der Waals surface area contributed by atoms with Crippen molar-refractivity contribution < 1.29 is 43.4 Å². The highest BCUT2D eigenvalue weighted by Gasteiger charge is 2.32. The van der Waals surface area contributed by atoms with Gasteiger partial charge in [0.1, 0.15) is 0 Å². The fourth-order valence-electron chi connectivity index (χ4n) is 2.72.